The Kier molecular flexibility index (Phi) is 5.07. The summed E-state index contributed by atoms with van der Waals surface area (Å²) in [5, 5.41) is 0. The molecule has 0 spiro atoms. The molecule has 1 fully saturated rings. The predicted molar refractivity (Wildman–Crippen MR) is 85.3 cm³/mol. The van der Waals surface area contributed by atoms with Crippen molar-refractivity contribution in [2.45, 2.75) is 44.0 Å². The van der Waals surface area contributed by atoms with Crippen LogP contribution in [-0.4, -0.2) is 14.7 Å². The molecule has 0 bridgehead atoms. The van der Waals surface area contributed by atoms with Gasteiger partial charge in [-0.3, -0.25) is 11.3 Å². The van der Waals surface area contributed by atoms with Gasteiger partial charge in [-0.1, -0.05) is 32.4 Å². The number of nitrogens with one attached hydrogen (secondary N) is 1. The molecule has 0 heterocycles. The number of benzene rings is 1. The minimum absolute atomic E-state index is 0.0913. The lowest BCUT2D eigenvalue weighted by Crippen LogP contribution is -2.36. The number of nitrogens with two attached hydrogens (primary N) is 1. The summed E-state index contributed by atoms with van der Waals surface area (Å²) < 4.78 is 23.0. The summed E-state index contributed by atoms with van der Waals surface area (Å²) in [5.41, 5.74) is 4.00. The van der Waals surface area contributed by atoms with Crippen LogP contribution in [0.5, 0.6) is 0 Å². The van der Waals surface area contributed by atoms with Gasteiger partial charge in [-0.25, -0.2) is 8.42 Å². The first-order chi connectivity index (χ1) is 9.82. The molecule has 118 valence electrons. The highest BCUT2D eigenvalue weighted by Crippen LogP contribution is 2.39. The molecule has 4 atom stereocenters. The normalized spacial score (nSPS) is 28.3. The SMILES string of the molecule is CC1CCC(C(NN)c2ccc(S(C)(=O)=O)cc2)CC1C. The molecule has 1 aromatic carbocycles. The third kappa shape index (κ3) is 3.84. The topological polar surface area (TPSA) is 72.2 Å². The molecule has 1 saturated carbocycles. The lowest BCUT2D eigenvalue weighted by Gasteiger charge is -2.36. The smallest absolute Gasteiger partial charge is 0.175 e. The average molecular weight is 310 g/mol. The third-order valence-corrected chi connectivity index (χ3v) is 6.09. The molecular weight excluding hydrogens is 284 g/mol. The Labute approximate surface area is 128 Å². The quantitative estimate of drug-likeness (QED) is 0.662. The summed E-state index contributed by atoms with van der Waals surface area (Å²) in [6, 6.07) is 7.19. The van der Waals surface area contributed by atoms with E-state index in [1.165, 1.54) is 12.7 Å². The van der Waals surface area contributed by atoms with Gasteiger partial charge in [0.15, 0.2) is 9.84 Å². The van der Waals surface area contributed by atoms with Crippen molar-refractivity contribution in [1.29, 1.82) is 0 Å². The third-order valence-electron chi connectivity index (χ3n) is 4.96. The zero-order valence-electron chi connectivity index (χ0n) is 13.0. The van der Waals surface area contributed by atoms with Gasteiger partial charge in [0.2, 0.25) is 0 Å². The van der Waals surface area contributed by atoms with Crippen LogP contribution in [0.15, 0.2) is 29.2 Å². The fourth-order valence-corrected chi connectivity index (χ4v) is 3.95. The summed E-state index contributed by atoms with van der Waals surface area (Å²) in [6.07, 6.45) is 4.77. The van der Waals surface area contributed by atoms with Gasteiger partial charge >= 0.3 is 0 Å². The Bertz CT molecular complexity index is 568. The Morgan fingerprint density at radius 2 is 1.76 bits per heavy atom. The van der Waals surface area contributed by atoms with Gasteiger partial charge < -0.3 is 0 Å². The maximum atomic E-state index is 11.5. The second kappa shape index (κ2) is 6.46. The standard InChI is InChI=1S/C16H26N2O2S/c1-11-4-5-14(10-12(11)2)16(18-17)13-6-8-15(9-7-13)21(3,19)20/h6-9,11-12,14,16,18H,4-5,10,17H2,1-3H3. The van der Waals surface area contributed by atoms with Crippen molar-refractivity contribution in [1.82, 2.24) is 5.43 Å². The van der Waals surface area contributed by atoms with Crippen LogP contribution in [0.2, 0.25) is 0 Å². The van der Waals surface area contributed by atoms with E-state index >= 15 is 0 Å². The molecule has 5 heteroatoms. The highest BCUT2D eigenvalue weighted by molar-refractivity contribution is 7.90. The van der Waals surface area contributed by atoms with Crippen LogP contribution in [0.4, 0.5) is 0 Å². The summed E-state index contributed by atoms with van der Waals surface area (Å²) in [5.74, 6) is 7.75. The van der Waals surface area contributed by atoms with Gasteiger partial charge in [0, 0.05) is 12.3 Å². The maximum absolute atomic E-state index is 11.5. The molecule has 1 aliphatic carbocycles. The second-order valence-corrected chi connectivity index (χ2v) is 8.53. The molecule has 0 aromatic heterocycles. The van der Waals surface area contributed by atoms with Crippen LogP contribution in [0.3, 0.4) is 0 Å². The van der Waals surface area contributed by atoms with E-state index < -0.39 is 9.84 Å². The van der Waals surface area contributed by atoms with E-state index in [0.717, 1.165) is 24.3 Å². The van der Waals surface area contributed by atoms with E-state index in [1.807, 2.05) is 12.1 Å². The molecule has 21 heavy (non-hydrogen) atoms. The minimum atomic E-state index is -3.14. The van der Waals surface area contributed by atoms with Crippen LogP contribution in [0.1, 0.15) is 44.7 Å². The first-order valence-corrected chi connectivity index (χ1v) is 9.48. The number of hydrazine groups is 1. The van der Waals surface area contributed by atoms with E-state index in [9.17, 15) is 8.42 Å². The second-order valence-electron chi connectivity index (χ2n) is 6.51. The van der Waals surface area contributed by atoms with Crippen LogP contribution < -0.4 is 11.3 Å². The van der Waals surface area contributed by atoms with E-state index in [2.05, 4.69) is 19.3 Å². The molecule has 0 amide bonds. The molecule has 4 nitrogen and oxygen atoms in total. The first-order valence-electron chi connectivity index (χ1n) is 7.59. The van der Waals surface area contributed by atoms with Crippen molar-refractivity contribution in [3.05, 3.63) is 29.8 Å². The molecule has 0 radical (unpaired) electrons. The monoisotopic (exact) mass is 310 g/mol. The number of hydrogen-bond acceptors (Lipinski definition) is 4. The lowest BCUT2D eigenvalue weighted by atomic mass is 9.72. The van der Waals surface area contributed by atoms with Gasteiger partial charge in [-0.2, -0.15) is 0 Å². The Morgan fingerprint density at radius 1 is 1.14 bits per heavy atom. The van der Waals surface area contributed by atoms with Crippen molar-refractivity contribution in [2.24, 2.45) is 23.6 Å². The predicted octanol–water partition coefficient (Wildman–Crippen LogP) is 2.67. The molecule has 0 aliphatic heterocycles. The Morgan fingerprint density at radius 3 is 2.24 bits per heavy atom. The highest BCUT2D eigenvalue weighted by atomic mass is 32.2. The van der Waals surface area contributed by atoms with Crippen LogP contribution in [-0.2, 0) is 9.84 Å². The van der Waals surface area contributed by atoms with E-state index in [-0.39, 0.29) is 6.04 Å². The number of sulfone groups is 1. The van der Waals surface area contributed by atoms with Crippen molar-refractivity contribution < 1.29 is 8.42 Å². The highest BCUT2D eigenvalue weighted by Gasteiger charge is 2.30. The van der Waals surface area contributed by atoms with Gasteiger partial charge in [0.25, 0.3) is 0 Å². The van der Waals surface area contributed by atoms with Crippen molar-refractivity contribution in [3.8, 4) is 0 Å². The van der Waals surface area contributed by atoms with Crippen LogP contribution in [0, 0.1) is 17.8 Å². The maximum Gasteiger partial charge on any atom is 0.175 e. The fraction of sp³-hybridized carbons (Fsp3) is 0.625. The van der Waals surface area contributed by atoms with Crippen molar-refractivity contribution >= 4 is 9.84 Å². The van der Waals surface area contributed by atoms with Gasteiger partial charge in [-0.05, 0) is 48.3 Å². The van der Waals surface area contributed by atoms with Gasteiger partial charge in [0.05, 0.1) is 4.90 Å². The largest absolute Gasteiger partial charge is 0.271 e. The van der Waals surface area contributed by atoms with Crippen molar-refractivity contribution in [3.63, 3.8) is 0 Å². The van der Waals surface area contributed by atoms with Gasteiger partial charge in [0.1, 0.15) is 0 Å². The first kappa shape index (κ1) is 16.5. The van der Waals surface area contributed by atoms with Crippen LogP contribution in [0.25, 0.3) is 0 Å². The van der Waals surface area contributed by atoms with Crippen molar-refractivity contribution in [2.75, 3.05) is 6.26 Å². The molecule has 3 N–H and O–H groups in total. The van der Waals surface area contributed by atoms with E-state index in [1.54, 1.807) is 12.1 Å². The molecule has 0 saturated heterocycles. The van der Waals surface area contributed by atoms with Gasteiger partial charge in [-0.15, -0.1) is 0 Å². The lowest BCUT2D eigenvalue weighted by molar-refractivity contribution is 0.171. The zero-order chi connectivity index (χ0) is 15.6. The summed E-state index contributed by atoms with van der Waals surface area (Å²) >= 11 is 0. The summed E-state index contributed by atoms with van der Waals surface area (Å²) in [6.45, 7) is 4.61. The molecular formula is C16H26N2O2S. The van der Waals surface area contributed by atoms with Crippen LogP contribution >= 0.6 is 0 Å². The fourth-order valence-electron chi connectivity index (χ4n) is 3.32. The Hall–Kier alpha value is -0.910. The minimum Gasteiger partial charge on any atom is -0.271 e. The molecule has 1 aromatic rings. The zero-order valence-corrected chi connectivity index (χ0v) is 13.9. The average Bonchev–Trinajstić information content (AvgIpc) is 2.43. The molecule has 4 unspecified atom stereocenters. The summed E-state index contributed by atoms with van der Waals surface area (Å²) in [4.78, 5) is 0.354. The number of rotatable bonds is 4. The summed E-state index contributed by atoms with van der Waals surface area (Å²) in [7, 11) is -3.14. The van der Waals surface area contributed by atoms with E-state index in [4.69, 9.17) is 5.84 Å². The Balaban J connectivity index is 2.18. The number of hydrogen-bond donors (Lipinski definition) is 2. The van der Waals surface area contributed by atoms with E-state index in [0.29, 0.717) is 16.7 Å². The molecule has 2 rings (SSSR count). The molecule has 1 aliphatic rings.